The normalized spacial score (nSPS) is 13.3. The molecule has 0 saturated heterocycles. The number of hydrogen-bond acceptors (Lipinski definition) is 6. The molecule has 0 unspecified atom stereocenters. The molecule has 0 amide bonds. The molecule has 0 aliphatic heterocycles. The van der Waals surface area contributed by atoms with Crippen molar-refractivity contribution < 1.29 is 18.3 Å². The Kier molecular flexibility index (Phi) is 5.35. The van der Waals surface area contributed by atoms with Crippen LogP contribution < -0.4 is 4.74 Å². The first-order valence-corrected chi connectivity index (χ1v) is 9.92. The zero-order valence-corrected chi connectivity index (χ0v) is 16.6. The number of H-pyrrole nitrogens is 1. The highest BCUT2D eigenvalue weighted by Crippen LogP contribution is 2.29. The average molecular weight is 411 g/mol. The van der Waals surface area contributed by atoms with Crippen molar-refractivity contribution in [3.63, 3.8) is 0 Å². The third-order valence-electron chi connectivity index (χ3n) is 4.40. The lowest BCUT2D eigenvalue weighted by molar-refractivity contribution is 0.0995. The SMILES string of the molecule is C[C@@H](Sc1nnc([C@@H](C)Oc2ccc(F)cc2)o1)C(=O)c1c[nH]c2ccccc12. The lowest BCUT2D eigenvalue weighted by Crippen LogP contribution is -2.13. The van der Waals surface area contributed by atoms with Gasteiger partial charge in [0.05, 0.1) is 5.25 Å². The molecule has 29 heavy (non-hydrogen) atoms. The highest BCUT2D eigenvalue weighted by Gasteiger charge is 2.23. The minimum atomic E-state index is -0.512. The van der Waals surface area contributed by atoms with Crippen molar-refractivity contribution in [3.05, 3.63) is 72.0 Å². The van der Waals surface area contributed by atoms with E-state index in [1.165, 1.54) is 36.0 Å². The molecule has 4 rings (SSSR count). The molecule has 2 aromatic heterocycles. The molecule has 2 heterocycles. The fourth-order valence-electron chi connectivity index (χ4n) is 2.90. The highest BCUT2D eigenvalue weighted by molar-refractivity contribution is 8.00. The maximum Gasteiger partial charge on any atom is 0.277 e. The van der Waals surface area contributed by atoms with E-state index in [9.17, 15) is 9.18 Å². The van der Waals surface area contributed by atoms with E-state index in [-0.39, 0.29) is 22.7 Å². The number of aromatic nitrogens is 3. The van der Waals surface area contributed by atoms with Gasteiger partial charge in [0, 0.05) is 22.7 Å². The summed E-state index contributed by atoms with van der Waals surface area (Å²) in [5.74, 6) is 0.413. The average Bonchev–Trinajstić information content (AvgIpc) is 3.36. The van der Waals surface area contributed by atoms with Crippen molar-refractivity contribution in [1.29, 1.82) is 0 Å². The zero-order chi connectivity index (χ0) is 20.4. The van der Waals surface area contributed by atoms with Crippen molar-refractivity contribution in [2.24, 2.45) is 0 Å². The van der Waals surface area contributed by atoms with Crippen LogP contribution in [0.15, 0.2) is 64.4 Å². The van der Waals surface area contributed by atoms with Gasteiger partial charge in [0.25, 0.3) is 11.1 Å². The van der Waals surface area contributed by atoms with Crippen LogP contribution in [0.2, 0.25) is 0 Å². The number of nitrogens with zero attached hydrogens (tertiary/aromatic N) is 2. The fraction of sp³-hybridized carbons (Fsp3) is 0.190. The Balaban J connectivity index is 1.42. The maximum atomic E-state index is 13.0. The molecule has 0 aliphatic carbocycles. The molecule has 2 atom stereocenters. The number of carbonyl (C=O) groups is 1. The quantitative estimate of drug-likeness (QED) is 0.333. The number of fused-ring (bicyclic) bond motifs is 1. The number of halogens is 1. The van der Waals surface area contributed by atoms with Gasteiger partial charge in [-0.3, -0.25) is 4.79 Å². The summed E-state index contributed by atoms with van der Waals surface area (Å²) in [5.41, 5.74) is 1.55. The van der Waals surface area contributed by atoms with Gasteiger partial charge in [-0.25, -0.2) is 4.39 Å². The number of para-hydroxylation sites is 1. The number of rotatable bonds is 7. The van der Waals surface area contributed by atoms with Crippen LogP contribution in [0.1, 0.15) is 36.2 Å². The van der Waals surface area contributed by atoms with Crippen LogP contribution in [0.4, 0.5) is 4.39 Å². The van der Waals surface area contributed by atoms with E-state index in [0.717, 1.165) is 10.9 Å². The van der Waals surface area contributed by atoms with Gasteiger partial charge in [-0.15, -0.1) is 10.2 Å². The third-order valence-corrected chi connectivity index (χ3v) is 5.33. The lowest BCUT2D eigenvalue weighted by Gasteiger charge is -2.10. The molecule has 4 aromatic rings. The second-order valence-corrected chi connectivity index (χ2v) is 7.78. The number of thioether (sulfide) groups is 1. The van der Waals surface area contributed by atoms with Gasteiger partial charge < -0.3 is 14.1 Å². The molecule has 0 bridgehead atoms. The summed E-state index contributed by atoms with van der Waals surface area (Å²) in [4.78, 5) is 16.0. The van der Waals surface area contributed by atoms with Crippen LogP contribution in [0, 0.1) is 5.82 Å². The summed E-state index contributed by atoms with van der Waals surface area (Å²) in [7, 11) is 0. The summed E-state index contributed by atoms with van der Waals surface area (Å²) in [6.07, 6.45) is 1.21. The molecule has 148 valence electrons. The van der Waals surface area contributed by atoms with E-state index in [2.05, 4.69) is 15.2 Å². The van der Waals surface area contributed by atoms with Gasteiger partial charge in [0.1, 0.15) is 11.6 Å². The fourth-order valence-corrected chi connectivity index (χ4v) is 3.66. The third kappa shape index (κ3) is 4.17. The molecule has 2 aromatic carbocycles. The Morgan fingerprint density at radius 2 is 1.90 bits per heavy atom. The van der Waals surface area contributed by atoms with E-state index < -0.39 is 11.4 Å². The minimum absolute atomic E-state index is 0.0252. The second-order valence-electron chi connectivity index (χ2n) is 6.49. The summed E-state index contributed by atoms with van der Waals surface area (Å²) in [6, 6.07) is 13.3. The van der Waals surface area contributed by atoms with Crippen LogP contribution in [-0.4, -0.2) is 26.2 Å². The van der Waals surface area contributed by atoms with E-state index in [1.54, 1.807) is 20.0 Å². The van der Waals surface area contributed by atoms with E-state index in [0.29, 0.717) is 11.3 Å². The number of ether oxygens (including phenoxy) is 1. The molecule has 1 N–H and O–H groups in total. The maximum absolute atomic E-state index is 13.0. The van der Waals surface area contributed by atoms with Gasteiger partial charge in [0.2, 0.25) is 0 Å². The number of benzene rings is 2. The van der Waals surface area contributed by atoms with Gasteiger partial charge in [0.15, 0.2) is 11.9 Å². The molecule has 0 aliphatic rings. The predicted molar refractivity (Wildman–Crippen MR) is 108 cm³/mol. The van der Waals surface area contributed by atoms with Crippen LogP contribution in [0.3, 0.4) is 0 Å². The summed E-state index contributed by atoms with van der Waals surface area (Å²) >= 11 is 1.20. The molecular formula is C21H18FN3O3S. The number of nitrogens with one attached hydrogen (secondary N) is 1. The van der Waals surface area contributed by atoms with E-state index in [4.69, 9.17) is 9.15 Å². The first-order valence-electron chi connectivity index (χ1n) is 9.04. The van der Waals surface area contributed by atoms with Crippen molar-refractivity contribution in [1.82, 2.24) is 15.2 Å². The summed E-state index contributed by atoms with van der Waals surface area (Å²) in [5, 5.41) is 8.77. The zero-order valence-electron chi connectivity index (χ0n) is 15.8. The molecule has 6 nitrogen and oxygen atoms in total. The molecule has 0 fully saturated rings. The number of aromatic amines is 1. The van der Waals surface area contributed by atoms with Crippen LogP contribution >= 0.6 is 11.8 Å². The van der Waals surface area contributed by atoms with Gasteiger partial charge >= 0.3 is 0 Å². The first-order chi connectivity index (χ1) is 14.0. The van der Waals surface area contributed by atoms with Crippen molar-refractivity contribution in [2.75, 3.05) is 0 Å². The van der Waals surface area contributed by atoms with Gasteiger partial charge in [-0.05, 0) is 44.2 Å². The van der Waals surface area contributed by atoms with Gasteiger partial charge in [-0.1, -0.05) is 30.0 Å². The lowest BCUT2D eigenvalue weighted by atomic mass is 10.1. The topological polar surface area (TPSA) is 81.0 Å². The molecule has 0 saturated carbocycles. The minimum Gasteiger partial charge on any atom is -0.481 e. The monoisotopic (exact) mass is 411 g/mol. The number of hydrogen-bond donors (Lipinski definition) is 1. The Labute approximate surface area is 170 Å². The Bertz CT molecular complexity index is 1140. The van der Waals surface area contributed by atoms with Crippen molar-refractivity contribution >= 4 is 28.4 Å². The van der Waals surface area contributed by atoms with Gasteiger partial charge in [-0.2, -0.15) is 0 Å². The van der Waals surface area contributed by atoms with Crippen molar-refractivity contribution in [3.8, 4) is 5.75 Å². The van der Waals surface area contributed by atoms with E-state index in [1.807, 2.05) is 24.3 Å². The molecule has 0 radical (unpaired) electrons. The van der Waals surface area contributed by atoms with Crippen LogP contribution in [0.5, 0.6) is 5.75 Å². The second kappa shape index (κ2) is 8.08. The Morgan fingerprint density at radius 1 is 1.14 bits per heavy atom. The molecule has 0 spiro atoms. The van der Waals surface area contributed by atoms with Crippen LogP contribution in [0.25, 0.3) is 10.9 Å². The first kappa shape index (κ1) is 19.2. The summed E-state index contributed by atoms with van der Waals surface area (Å²) in [6.45, 7) is 3.56. The van der Waals surface area contributed by atoms with Crippen LogP contribution in [-0.2, 0) is 0 Å². The highest BCUT2D eigenvalue weighted by atomic mass is 32.2. The van der Waals surface area contributed by atoms with E-state index >= 15 is 0 Å². The Morgan fingerprint density at radius 3 is 2.69 bits per heavy atom. The number of Topliss-reactive ketones (excluding diaryl/α,β-unsaturated/α-hetero) is 1. The Hall–Kier alpha value is -3.13. The molecule has 8 heteroatoms. The largest absolute Gasteiger partial charge is 0.481 e. The standard InChI is InChI=1S/C21H18FN3O3S/c1-12(27-15-9-7-14(22)8-10-15)20-24-25-21(28-20)29-13(2)19(26)17-11-23-18-6-4-3-5-16(17)18/h3-13,23H,1-2H3/t12-,13-/m1/s1. The summed E-state index contributed by atoms with van der Waals surface area (Å²) < 4.78 is 24.3. The number of ketones is 1. The predicted octanol–water partition coefficient (Wildman–Crippen LogP) is 5.19. The number of carbonyl (C=O) groups excluding carboxylic acids is 1. The van der Waals surface area contributed by atoms with Crippen molar-refractivity contribution in [2.45, 2.75) is 30.4 Å². The molecular weight excluding hydrogens is 393 g/mol. The smallest absolute Gasteiger partial charge is 0.277 e.